The number of ether oxygens (including phenoxy) is 1. The molecule has 0 radical (unpaired) electrons. The van der Waals surface area contributed by atoms with Crippen molar-refractivity contribution in [2.75, 3.05) is 13.2 Å². The van der Waals surface area contributed by atoms with Crippen LogP contribution in [0.4, 0.5) is 0 Å². The van der Waals surface area contributed by atoms with E-state index in [1.165, 1.54) is 17.9 Å². The smallest absolute Gasteiger partial charge is 0.267 e. The van der Waals surface area contributed by atoms with Crippen LogP contribution in [0.3, 0.4) is 0 Å². The molecule has 0 atom stereocenters. The second kappa shape index (κ2) is 11.4. The minimum absolute atomic E-state index is 0.130. The average molecular weight is 418 g/mol. The van der Waals surface area contributed by atoms with Crippen molar-refractivity contribution in [2.24, 2.45) is 0 Å². The number of hydrogen-bond donors (Lipinski definition) is 2. The lowest BCUT2D eigenvalue weighted by molar-refractivity contribution is -0.117. The number of aryl methyl sites for hydroxylation is 1. The van der Waals surface area contributed by atoms with E-state index in [0.717, 1.165) is 18.6 Å². The quantitative estimate of drug-likeness (QED) is 0.382. The maximum atomic E-state index is 12.7. The molecule has 31 heavy (non-hydrogen) atoms. The van der Waals surface area contributed by atoms with Crippen molar-refractivity contribution >= 4 is 17.9 Å². The minimum atomic E-state index is -0.368. The minimum Gasteiger partial charge on any atom is -0.494 e. The van der Waals surface area contributed by atoms with Gasteiger partial charge in [-0.05, 0) is 61.7 Å². The Balaban J connectivity index is 1.56. The molecular weight excluding hydrogens is 392 g/mol. The highest BCUT2D eigenvalue weighted by atomic mass is 16.5. The van der Waals surface area contributed by atoms with Crippen LogP contribution < -0.4 is 15.4 Å². The van der Waals surface area contributed by atoms with Crippen molar-refractivity contribution in [2.45, 2.75) is 19.8 Å². The van der Waals surface area contributed by atoms with Gasteiger partial charge in [-0.3, -0.25) is 9.59 Å². The molecule has 160 valence electrons. The summed E-state index contributed by atoms with van der Waals surface area (Å²) in [4.78, 5) is 25.2. The average Bonchev–Trinajstić information content (AvgIpc) is 3.31. The van der Waals surface area contributed by atoms with Crippen molar-refractivity contribution in [1.82, 2.24) is 10.6 Å². The number of amides is 2. The summed E-state index contributed by atoms with van der Waals surface area (Å²) in [5.41, 5.74) is 1.77. The Morgan fingerprint density at radius 2 is 1.77 bits per heavy atom. The molecule has 3 rings (SSSR count). The summed E-state index contributed by atoms with van der Waals surface area (Å²) in [5.74, 6) is 0.602. The molecule has 0 aliphatic rings. The highest BCUT2D eigenvalue weighted by Crippen LogP contribution is 2.13. The fraction of sp³-hybridized carbons (Fsp3) is 0.200. The van der Waals surface area contributed by atoms with Crippen molar-refractivity contribution in [3.05, 3.63) is 95.6 Å². The molecule has 1 heterocycles. The van der Waals surface area contributed by atoms with Gasteiger partial charge in [-0.25, -0.2) is 0 Å². The maximum Gasteiger partial charge on any atom is 0.267 e. The first-order valence-corrected chi connectivity index (χ1v) is 10.3. The van der Waals surface area contributed by atoms with Gasteiger partial charge in [0.25, 0.3) is 11.8 Å². The highest BCUT2D eigenvalue weighted by Gasteiger charge is 2.15. The number of furan rings is 1. The zero-order valence-corrected chi connectivity index (χ0v) is 17.5. The lowest BCUT2D eigenvalue weighted by Gasteiger charge is -2.11. The van der Waals surface area contributed by atoms with Gasteiger partial charge in [0.2, 0.25) is 0 Å². The third-order valence-corrected chi connectivity index (χ3v) is 4.52. The van der Waals surface area contributed by atoms with Gasteiger partial charge in [0, 0.05) is 18.2 Å². The Labute approximate surface area is 181 Å². The molecule has 3 aromatic rings. The molecule has 0 unspecified atom stereocenters. The first-order chi connectivity index (χ1) is 15.2. The van der Waals surface area contributed by atoms with E-state index < -0.39 is 0 Å². The number of carbonyl (C=O) groups excluding carboxylic acids is 2. The normalized spacial score (nSPS) is 11.1. The number of benzene rings is 2. The Morgan fingerprint density at radius 1 is 1.00 bits per heavy atom. The molecule has 6 nitrogen and oxygen atoms in total. The molecular formula is C25H26N2O4. The first-order valence-electron chi connectivity index (χ1n) is 10.3. The summed E-state index contributed by atoms with van der Waals surface area (Å²) in [7, 11) is 0. The zero-order valence-electron chi connectivity index (χ0n) is 17.5. The van der Waals surface area contributed by atoms with Gasteiger partial charge in [-0.2, -0.15) is 0 Å². The molecule has 0 aliphatic heterocycles. The number of nitrogens with one attached hydrogen (secondary N) is 2. The van der Waals surface area contributed by atoms with Gasteiger partial charge in [0.1, 0.15) is 17.2 Å². The third kappa shape index (κ3) is 6.89. The molecule has 2 amide bonds. The van der Waals surface area contributed by atoms with Crippen LogP contribution in [0.1, 0.15) is 35.0 Å². The number of carbonyl (C=O) groups is 2. The van der Waals surface area contributed by atoms with E-state index in [-0.39, 0.29) is 17.5 Å². The van der Waals surface area contributed by atoms with E-state index in [0.29, 0.717) is 24.5 Å². The SMILES string of the molecule is CCOc1ccc(CCCNC(=O)/C(=C/c2ccco2)NC(=O)c2ccccc2)cc1. The Kier molecular flexibility index (Phi) is 8.05. The summed E-state index contributed by atoms with van der Waals surface area (Å²) in [6, 6.07) is 20.1. The van der Waals surface area contributed by atoms with Crippen molar-refractivity contribution in [3.8, 4) is 5.75 Å². The predicted molar refractivity (Wildman–Crippen MR) is 120 cm³/mol. The molecule has 0 fully saturated rings. The molecule has 0 saturated heterocycles. The molecule has 6 heteroatoms. The Bertz CT molecular complexity index is 994. The molecule has 2 aromatic carbocycles. The van der Waals surface area contributed by atoms with E-state index in [2.05, 4.69) is 10.6 Å². The van der Waals surface area contributed by atoms with Crippen molar-refractivity contribution in [3.63, 3.8) is 0 Å². The van der Waals surface area contributed by atoms with E-state index >= 15 is 0 Å². The lowest BCUT2D eigenvalue weighted by atomic mass is 10.1. The highest BCUT2D eigenvalue weighted by molar-refractivity contribution is 6.05. The van der Waals surface area contributed by atoms with Crippen LogP contribution in [-0.2, 0) is 11.2 Å². The van der Waals surface area contributed by atoms with Gasteiger partial charge in [0.05, 0.1) is 12.9 Å². The molecule has 0 saturated carbocycles. The van der Waals surface area contributed by atoms with Crippen LogP contribution in [-0.4, -0.2) is 25.0 Å². The van der Waals surface area contributed by atoms with Crippen LogP contribution in [0.15, 0.2) is 83.1 Å². The van der Waals surface area contributed by atoms with Crippen LogP contribution >= 0.6 is 0 Å². The molecule has 0 bridgehead atoms. The van der Waals surface area contributed by atoms with Crippen LogP contribution in [0, 0.1) is 0 Å². The zero-order chi connectivity index (χ0) is 21.9. The van der Waals surface area contributed by atoms with Crippen molar-refractivity contribution < 1.29 is 18.7 Å². The predicted octanol–water partition coefficient (Wildman–Crippen LogP) is 4.20. The van der Waals surface area contributed by atoms with Gasteiger partial charge in [0.15, 0.2) is 0 Å². The third-order valence-electron chi connectivity index (χ3n) is 4.52. The summed E-state index contributed by atoms with van der Waals surface area (Å²) >= 11 is 0. The Morgan fingerprint density at radius 3 is 2.45 bits per heavy atom. The molecule has 0 spiro atoms. The van der Waals surface area contributed by atoms with E-state index in [9.17, 15) is 9.59 Å². The van der Waals surface area contributed by atoms with Crippen LogP contribution in [0.25, 0.3) is 6.08 Å². The van der Waals surface area contributed by atoms with Gasteiger partial charge >= 0.3 is 0 Å². The number of hydrogen-bond acceptors (Lipinski definition) is 4. The second-order valence-corrected chi connectivity index (χ2v) is 6.83. The topological polar surface area (TPSA) is 80.6 Å². The van der Waals surface area contributed by atoms with E-state index in [4.69, 9.17) is 9.15 Å². The standard InChI is InChI=1S/C25H26N2O4/c1-2-30-21-14-12-19(13-15-21)8-6-16-26-25(29)23(18-22-11-7-17-31-22)27-24(28)20-9-4-3-5-10-20/h3-5,7,9-15,17-18H,2,6,8,16H2,1H3,(H,26,29)(H,27,28)/b23-18-. The fourth-order valence-corrected chi connectivity index (χ4v) is 2.97. The fourth-order valence-electron chi connectivity index (χ4n) is 2.97. The Hall–Kier alpha value is -3.80. The van der Waals surface area contributed by atoms with E-state index in [1.807, 2.05) is 37.3 Å². The van der Waals surface area contributed by atoms with Crippen molar-refractivity contribution in [1.29, 1.82) is 0 Å². The monoisotopic (exact) mass is 418 g/mol. The van der Waals surface area contributed by atoms with Crippen LogP contribution in [0.2, 0.25) is 0 Å². The summed E-state index contributed by atoms with van der Waals surface area (Å²) in [6.07, 6.45) is 4.61. The summed E-state index contributed by atoms with van der Waals surface area (Å²) < 4.78 is 10.7. The second-order valence-electron chi connectivity index (χ2n) is 6.83. The van der Waals surface area contributed by atoms with Gasteiger partial charge in [-0.1, -0.05) is 30.3 Å². The summed E-state index contributed by atoms with van der Waals surface area (Å²) in [5, 5.41) is 5.55. The lowest BCUT2D eigenvalue weighted by Crippen LogP contribution is -2.35. The molecule has 0 aliphatic carbocycles. The molecule has 2 N–H and O–H groups in total. The molecule has 1 aromatic heterocycles. The summed E-state index contributed by atoms with van der Waals surface area (Å²) in [6.45, 7) is 3.07. The van der Waals surface area contributed by atoms with Gasteiger partial charge in [-0.15, -0.1) is 0 Å². The van der Waals surface area contributed by atoms with E-state index in [1.54, 1.807) is 36.4 Å². The number of rotatable bonds is 10. The first kappa shape index (κ1) is 21.9. The largest absolute Gasteiger partial charge is 0.494 e. The van der Waals surface area contributed by atoms with Gasteiger partial charge < -0.3 is 19.8 Å². The van der Waals surface area contributed by atoms with Crippen LogP contribution in [0.5, 0.6) is 5.75 Å². The maximum absolute atomic E-state index is 12.7.